The summed E-state index contributed by atoms with van der Waals surface area (Å²) in [6.07, 6.45) is 0. The molecule has 1 aromatic carbocycles. The van der Waals surface area contributed by atoms with E-state index in [-0.39, 0.29) is 16.5 Å². The monoisotopic (exact) mass is 283 g/mol. The van der Waals surface area contributed by atoms with Crippen LogP contribution in [0.15, 0.2) is 30.3 Å². The van der Waals surface area contributed by atoms with Gasteiger partial charge in [0.1, 0.15) is 5.82 Å². The number of pyridine rings is 1. The fourth-order valence-corrected chi connectivity index (χ4v) is 1.88. The van der Waals surface area contributed by atoms with Crippen LogP contribution in [0.4, 0.5) is 11.5 Å². The highest BCUT2D eigenvalue weighted by molar-refractivity contribution is 6.43. The quantitative estimate of drug-likeness (QED) is 0.675. The van der Waals surface area contributed by atoms with E-state index in [9.17, 15) is 10.1 Å². The summed E-state index contributed by atoms with van der Waals surface area (Å²) in [4.78, 5) is 14.2. The molecule has 0 unspecified atom stereocenters. The number of hydrogen-bond acceptors (Lipinski definition) is 4. The first kappa shape index (κ1) is 12.6. The second-order valence-electron chi connectivity index (χ2n) is 3.49. The lowest BCUT2D eigenvalue weighted by Crippen LogP contribution is -1.97. The van der Waals surface area contributed by atoms with Crippen LogP contribution in [0.3, 0.4) is 0 Å². The molecule has 0 saturated heterocycles. The van der Waals surface area contributed by atoms with Gasteiger partial charge in [-0.15, -0.1) is 0 Å². The van der Waals surface area contributed by atoms with Gasteiger partial charge >= 0.3 is 0 Å². The predicted molar refractivity (Wildman–Crippen MR) is 70.8 cm³/mol. The molecule has 1 heterocycles. The third-order valence-electron chi connectivity index (χ3n) is 2.27. The van der Waals surface area contributed by atoms with Gasteiger partial charge in [-0.1, -0.05) is 35.3 Å². The number of rotatable bonds is 2. The summed E-state index contributed by atoms with van der Waals surface area (Å²) in [5, 5.41) is 11.4. The molecule has 0 aliphatic heterocycles. The van der Waals surface area contributed by atoms with Crippen LogP contribution in [0.5, 0.6) is 0 Å². The van der Waals surface area contributed by atoms with Crippen molar-refractivity contribution in [3.05, 3.63) is 50.5 Å². The molecular weight excluding hydrogens is 277 g/mol. The number of benzene rings is 1. The molecule has 2 N–H and O–H groups in total. The number of hydrogen-bond donors (Lipinski definition) is 1. The third-order valence-corrected chi connectivity index (χ3v) is 3.09. The zero-order valence-electron chi connectivity index (χ0n) is 8.93. The average molecular weight is 284 g/mol. The number of nitro groups is 1. The van der Waals surface area contributed by atoms with Crippen molar-refractivity contribution >= 4 is 34.7 Å². The maximum atomic E-state index is 10.8. The minimum atomic E-state index is -0.542. The van der Waals surface area contributed by atoms with Crippen LogP contribution in [-0.2, 0) is 0 Å². The Morgan fingerprint density at radius 3 is 2.67 bits per heavy atom. The average Bonchev–Trinajstić information content (AvgIpc) is 2.31. The Labute approximate surface area is 112 Å². The summed E-state index contributed by atoms with van der Waals surface area (Å²) in [5.74, 6) is 0.0512. The molecule has 0 aliphatic carbocycles. The van der Waals surface area contributed by atoms with Crippen LogP contribution in [0, 0.1) is 10.1 Å². The first-order valence-electron chi connectivity index (χ1n) is 4.85. The second-order valence-corrected chi connectivity index (χ2v) is 4.28. The highest BCUT2D eigenvalue weighted by atomic mass is 35.5. The van der Waals surface area contributed by atoms with Crippen molar-refractivity contribution in [2.24, 2.45) is 0 Å². The van der Waals surface area contributed by atoms with Crippen LogP contribution < -0.4 is 5.73 Å². The Hall–Kier alpha value is -1.85. The molecule has 0 spiro atoms. The summed E-state index contributed by atoms with van der Waals surface area (Å²) in [6.45, 7) is 0. The molecule has 0 atom stereocenters. The van der Waals surface area contributed by atoms with E-state index in [0.717, 1.165) is 0 Å². The van der Waals surface area contributed by atoms with Gasteiger partial charge in [-0.05, 0) is 6.07 Å². The van der Waals surface area contributed by atoms with E-state index in [1.807, 2.05) is 0 Å². The normalized spacial score (nSPS) is 10.3. The van der Waals surface area contributed by atoms with Crippen molar-refractivity contribution < 1.29 is 4.92 Å². The molecule has 0 aliphatic rings. The van der Waals surface area contributed by atoms with E-state index in [1.165, 1.54) is 12.1 Å². The van der Waals surface area contributed by atoms with Gasteiger partial charge in [-0.25, -0.2) is 4.98 Å². The van der Waals surface area contributed by atoms with Gasteiger partial charge in [-0.3, -0.25) is 10.1 Å². The number of nitrogens with two attached hydrogens (primary N) is 1. The van der Waals surface area contributed by atoms with Crippen LogP contribution in [-0.4, -0.2) is 9.91 Å². The Morgan fingerprint density at radius 1 is 1.28 bits per heavy atom. The van der Waals surface area contributed by atoms with Gasteiger partial charge in [0.15, 0.2) is 0 Å². The number of nitrogen functional groups attached to an aromatic ring is 1. The molecule has 0 radical (unpaired) electrons. The number of anilines is 1. The van der Waals surface area contributed by atoms with Gasteiger partial charge in [0.25, 0.3) is 5.69 Å². The maximum absolute atomic E-state index is 10.8. The molecule has 0 bridgehead atoms. The molecule has 0 amide bonds. The number of nitrogens with zero attached hydrogens (tertiary/aromatic N) is 2. The van der Waals surface area contributed by atoms with Crippen molar-refractivity contribution in [2.75, 3.05) is 5.73 Å². The number of aromatic nitrogens is 1. The molecule has 1 aromatic heterocycles. The summed E-state index contributed by atoms with van der Waals surface area (Å²) < 4.78 is 0. The zero-order chi connectivity index (χ0) is 13.3. The first-order chi connectivity index (χ1) is 8.49. The van der Waals surface area contributed by atoms with E-state index >= 15 is 0 Å². The molecule has 18 heavy (non-hydrogen) atoms. The molecular formula is C11H7Cl2N3O2. The predicted octanol–water partition coefficient (Wildman–Crippen LogP) is 3.55. The lowest BCUT2D eigenvalue weighted by molar-refractivity contribution is -0.384. The largest absolute Gasteiger partial charge is 0.383 e. The highest BCUT2D eigenvalue weighted by Crippen LogP contribution is 2.34. The molecule has 7 heteroatoms. The van der Waals surface area contributed by atoms with Crippen molar-refractivity contribution in [2.45, 2.75) is 0 Å². The topological polar surface area (TPSA) is 82.0 Å². The SMILES string of the molecule is Nc1cc([N+](=O)[O-])cc(-c2cccc(Cl)c2Cl)n1. The third kappa shape index (κ3) is 2.37. The van der Waals surface area contributed by atoms with Crippen LogP contribution >= 0.6 is 23.2 Å². The minimum Gasteiger partial charge on any atom is -0.383 e. The second kappa shape index (κ2) is 4.80. The standard InChI is InChI=1S/C11H7Cl2N3O2/c12-8-3-1-2-7(11(8)13)9-4-6(16(17)18)5-10(14)15-9/h1-5H,(H2,14,15). The summed E-state index contributed by atoms with van der Waals surface area (Å²) >= 11 is 11.9. The smallest absolute Gasteiger partial charge is 0.275 e. The summed E-state index contributed by atoms with van der Waals surface area (Å²) in [7, 11) is 0. The fraction of sp³-hybridized carbons (Fsp3) is 0. The Bertz CT molecular complexity index is 632. The first-order valence-corrected chi connectivity index (χ1v) is 5.61. The van der Waals surface area contributed by atoms with Crippen molar-refractivity contribution in [3.8, 4) is 11.3 Å². The van der Waals surface area contributed by atoms with E-state index in [0.29, 0.717) is 16.3 Å². The Kier molecular flexibility index (Phi) is 3.36. The Balaban J connectivity index is 2.64. The van der Waals surface area contributed by atoms with Gasteiger partial charge in [0.2, 0.25) is 0 Å². The van der Waals surface area contributed by atoms with E-state index in [4.69, 9.17) is 28.9 Å². The fourth-order valence-electron chi connectivity index (χ4n) is 1.48. The highest BCUT2D eigenvalue weighted by Gasteiger charge is 2.14. The molecule has 92 valence electrons. The van der Waals surface area contributed by atoms with Crippen LogP contribution in [0.25, 0.3) is 11.3 Å². The van der Waals surface area contributed by atoms with Gasteiger partial charge in [0, 0.05) is 11.6 Å². The van der Waals surface area contributed by atoms with Crippen LogP contribution in [0.2, 0.25) is 10.0 Å². The van der Waals surface area contributed by atoms with E-state index in [2.05, 4.69) is 4.98 Å². The Morgan fingerprint density at radius 2 is 2.00 bits per heavy atom. The lowest BCUT2D eigenvalue weighted by Gasteiger charge is -2.06. The molecule has 0 saturated carbocycles. The lowest BCUT2D eigenvalue weighted by atomic mass is 10.1. The van der Waals surface area contributed by atoms with Gasteiger partial charge in [0.05, 0.1) is 26.7 Å². The number of halogens is 2. The zero-order valence-corrected chi connectivity index (χ0v) is 10.4. The van der Waals surface area contributed by atoms with Crippen LogP contribution in [0.1, 0.15) is 0 Å². The summed E-state index contributed by atoms with van der Waals surface area (Å²) in [6, 6.07) is 7.45. The van der Waals surface area contributed by atoms with Gasteiger partial charge in [-0.2, -0.15) is 0 Å². The van der Waals surface area contributed by atoms with Crippen molar-refractivity contribution in [1.82, 2.24) is 4.98 Å². The molecule has 0 fully saturated rings. The van der Waals surface area contributed by atoms with E-state index < -0.39 is 4.92 Å². The molecule has 2 aromatic rings. The van der Waals surface area contributed by atoms with Crippen molar-refractivity contribution in [3.63, 3.8) is 0 Å². The molecule has 2 rings (SSSR count). The molecule has 5 nitrogen and oxygen atoms in total. The minimum absolute atomic E-state index is 0.0512. The van der Waals surface area contributed by atoms with Gasteiger partial charge < -0.3 is 5.73 Å². The maximum Gasteiger partial charge on any atom is 0.275 e. The summed E-state index contributed by atoms with van der Waals surface area (Å²) in [5.41, 5.74) is 6.20. The van der Waals surface area contributed by atoms with Crippen molar-refractivity contribution in [1.29, 1.82) is 0 Å². The van der Waals surface area contributed by atoms with E-state index in [1.54, 1.807) is 18.2 Å².